The maximum absolute atomic E-state index is 12.0. The zero-order valence-corrected chi connectivity index (χ0v) is 13.4. The minimum absolute atomic E-state index is 0.0811. The summed E-state index contributed by atoms with van der Waals surface area (Å²) in [4.78, 5) is 13.8. The van der Waals surface area contributed by atoms with Crippen molar-refractivity contribution in [2.24, 2.45) is 11.7 Å². The molecule has 0 aliphatic rings. The Bertz CT molecular complexity index is 426. The van der Waals surface area contributed by atoms with Crippen LogP contribution in [0.3, 0.4) is 0 Å². The van der Waals surface area contributed by atoms with Gasteiger partial charge >= 0.3 is 0 Å². The number of nitrogens with zero attached hydrogens (tertiary/aromatic N) is 2. The molecule has 0 fully saturated rings. The van der Waals surface area contributed by atoms with Gasteiger partial charge in [-0.2, -0.15) is 0 Å². The van der Waals surface area contributed by atoms with Crippen LogP contribution < -0.4 is 5.73 Å². The van der Waals surface area contributed by atoms with Crippen LogP contribution in [0.5, 0.6) is 0 Å². The van der Waals surface area contributed by atoms with Crippen molar-refractivity contribution in [1.82, 2.24) is 10.1 Å². The highest BCUT2D eigenvalue weighted by Gasteiger charge is 2.16. The zero-order valence-electron chi connectivity index (χ0n) is 12.6. The largest absolute Gasteiger partial charge is 0.346 e. The van der Waals surface area contributed by atoms with E-state index in [1.807, 2.05) is 6.92 Å². The number of hydrogen-bond acceptors (Lipinski definition) is 4. The maximum Gasteiger partial charge on any atom is 0.229 e. The molecule has 1 aromatic heterocycles. The smallest absolute Gasteiger partial charge is 0.229 e. The second-order valence-electron chi connectivity index (χ2n) is 5.53. The van der Waals surface area contributed by atoms with Crippen molar-refractivity contribution in [3.05, 3.63) is 16.5 Å². The highest BCUT2D eigenvalue weighted by molar-refractivity contribution is 6.29. The van der Waals surface area contributed by atoms with Crippen LogP contribution in [0.2, 0.25) is 5.22 Å². The van der Waals surface area contributed by atoms with Crippen molar-refractivity contribution in [2.45, 2.75) is 46.1 Å². The number of carbonyl (C=O) groups excluding carboxylic acids is 1. The van der Waals surface area contributed by atoms with Crippen LogP contribution in [-0.2, 0) is 11.2 Å². The highest BCUT2D eigenvalue weighted by Crippen LogP contribution is 2.20. The average Bonchev–Trinajstić information content (AvgIpc) is 2.72. The molecule has 5 nitrogen and oxygen atoms in total. The number of aromatic nitrogens is 1. The van der Waals surface area contributed by atoms with Gasteiger partial charge in [0.05, 0.1) is 5.69 Å². The van der Waals surface area contributed by atoms with Crippen molar-refractivity contribution in [3.8, 4) is 0 Å². The van der Waals surface area contributed by atoms with Crippen molar-refractivity contribution in [2.75, 3.05) is 13.6 Å². The van der Waals surface area contributed by atoms with E-state index in [9.17, 15) is 4.79 Å². The predicted molar refractivity (Wildman–Crippen MR) is 79.6 cm³/mol. The molecule has 0 aliphatic heterocycles. The summed E-state index contributed by atoms with van der Waals surface area (Å²) in [5, 5.41) is 4.05. The zero-order chi connectivity index (χ0) is 15.3. The third-order valence-electron chi connectivity index (χ3n) is 3.61. The third kappa shape index (κ3) is 4.80. The molecule has 1 heterocycles. The number of nitrogens with two attached hydrogens (primary N) is 1. The second kappa shape index (κ2) is 7.64. The summed E-state index contributed by atoms with van der Waals surface area (Å²) in [6, 6.07) is 0.125. The first-order valence-electron chi connectivity index (χ1n) is 6.93. The van der Waals surface area contributed by atoms with Crippen LogP contribution in [0.25, 0.3) is 0 Å². The predicted octanol–water partition coefficient (Wildman–Crippen LogP) is 2.40. The van der Waals surface area contributed by atoms with Crippen LogP contribution in [-0.4, -0.2) is 35.6 Å². The van der Waals surface area contributed by atoms with E-state index in [4.69, 9.17) is 21.9 Å². The minimum atomic E-state index is 0.0811. The van der Waals surface area contributed by atoms with Gasteiger partial charge in [0.15, 0.2) is 0 Å². The van der Waals surface area contributed by atoms with Crippen molar-refractivity contribution in [1.29, 1.82) is 0 Å². The van der Waals surface area contributed by atoms with E-state index in [0.717, 1.165) is 17.7 Å². The van der Waals surface area contributed by atoms with Crippen LogP contribution in [0.15, 0.2) is 4.52 Å². The van der Waals surface area contributed by atoms with Gasteiger partial charge in [-0.25, -0.2) is 0 Å². The van der Waals surface area contributed by atoms with Gasteiger partial charge in [0.1, 0.15) is 0 Å². The summed E-state index contributed by atoms with van der Waals surface area (Å²) in [6.45, 7) is 6.67. The number of amides is 1. The standard InChI is InChI=1S/C14H24ClN3O2/c1-9(2)12(16)7-8-18(4)13(19)6-5-11-10(3)17-20-14(11)15/h9,12H,5-8,16H2,1-4H3. The quantitative estimate of drug-likeness (QED) is 0.839. The molecular weight excluding hydrogens is 278 g/mol. The Morgan fingerprint density at radius 1 is 1.50 bits per heavy atom. The van der Waals surface area contributed by atoms with E-state index in [2.05, 4.69) is 19.0 Å². The summed E-state index contributed by atoms with van der Waals surface area (Å²) in [5.74, 6) is 0.509. The lowest BCUT2D eigenvalue weighted by molar-refractivity contribution is -0.129. The molecule has 0 aromatic carbocycles. The lowest BCUT2D eigenvalue weighted by Gasteiger charge is -2.21. The van der Waals surface area contributed by atoms with Crippen LogP contribution in [0.4, 0.5) is 0 Å². The molecular formula is C14H24ClN3O2. The first kappa shape index (κ1) is 17.0. The fourth-order valence-corrected chi connectivity index (χ4v) is 2.13. The van der Waals surface area contributed by atoms with E-state index >= 15 is 0 Å². The van der Waals surface area contributed by atoms with Gasteiger partial charge in [-0.3, -0.25) is 4.79 Å². The van der Waals surface area contributed by atoms with Crippen molar-refractivity contribution >= 4 is 17.5 Å². The molecule has 2 N–H and O–H groups in total. The normalized spacial score (nSPS) is 12.8. The lowest BCUT2D eigenvalue weighted by Crippen LogP contribution is -2.34. The van der Waals surface area contributed by atoms with Crippen molar-refractivity contribution in [3.63, 3.8) is 0 Å². The van der Waals surface area contributed by atoms with E-state index < -0.39 is 0 Å². The molecule has 114 valence electrons. The van der Waals surface area contributed by atoms with Gasteiger partial charge < -0.3 is 15.2 Å². The number of halogens is 1. The Balaban J connectivity index is 2.39. The van der Waals surface area contributed by atoms with Crippen molar-refractivity contribution < 1.29 is 9.32 Å². The highest BCUT2D eigenvalue weighted by atomic mass is 35.5. The van der Waals surface area contributed by atoms with Gasteiger partial charge in [0.2, 0.25) is 11.1 Å². The van der Waals surface area contributed by atoms with Gasteiger partial charge in [0.25, 0.3) is 0 Å². The summed E-state index contributed by atoms with van der Waals surface area (Å²) < 4.78 is 4.87. The number of aryl methyl sites for hydroxylation is 1. The molecule has 1 aromatic rings. The molecule has 1 atom stereocenters. The van der Waals surface area contributed by atoms with E-state index in [-0.39, 0.29) is 17.2 Å². The molecule has 0 saturated heterocycles. The Morgan fingerprint density at radius 3 is 2.65 bits per heavy atom. The first-order chi connectivity index (χ1) is 9.32. The summed E-state index contributed by atoms with van der Waals surface area (Å²) in [7, 11) is 1.80. The maximum atomic E-state index is 12.0. The van der Waals surface area contributed by atoms with Crippen LogP contribution >= 0.6 is 11.6 Å². The molecule has 0 aliphatic carbocycles. The van der Waals surface area contributed by atoms with E-state index in [0.29, 0.717) is 25.3 Å². The van der Waals surface area contributed by atoms with Crippen LogP contribution in [0.1, 0.15) is 37.9 Å². The summed E-state index contributed by atoms with van der Waals surface area (Å²) >= 11 is 5.88. The Kier molecular flexibility index (Phi) is 6.49. The molecule has 0 bridgehead atoms. The second-order valence-corrected chi connectivity index (χ2v) is 5.88. The fourth-order valence-electron chi connectivity index (χ4n) is 1.86. The van der Waals surface area contributed by atoms with Crippen LogP contribution in [0, 0.1) is 12.8 Å². The summed E-state index contributed by atoms with van der Waals surface area (Å²) in [6.07, 6.45) is 1.76. The molecule has 20 heavy (non-hydrogen) atoms. The minimum Gasteiger partial charge on any atom is -0.346 e. The molecule has 6 heteroatoms. The molecule has 1 unspecified atom stereocenters. The average molecular weight is 302 g/mol. The molecule has 0 spiro atoms. The summed E-state index contributed by atoms with van der Waals surface area (Å²) in [5.41, 5.74) is 7.53. The fraction of sp³-hybridized carbons (Fsp3) is 0.714. The number of hydrogen-bond donors (Lipinski definition) is 1. The van der Waals surface area contributed by atoms with Gasteiger partial charge in [-0.05, 0) is 37.3 Å². The monoisotopic (exact) mass is 301 g/mol. The molecule has 0 saturated carbocycles. The topological polar surface area (TPSA) is 72.4 Å². The SMILES string of the molecule is Cc1noc(Cl)c1CCC(=O)N(C)CCC(N)C(C)C. The Morgan fingerprint density at radius 2 is 2.15 bits per heavy atom. The first-order valence-corrected chi connectivity index (χ1v) is 7.31. The number of carbonyl (C=O) groups is 1. The Labute approximate surface area is 125 Å². The molecule has 0 radical (unpaired) electrons. The van der Waals surface area contributed by atoms with Gasteiger partial charge in [-0.1, -0.05) is 19.0 Å². The molecule has 1 rings (SSSR count). The Hall–Kier alpha value is -1.07. The van der Waals surface area contributed by atoms with E-state index in [1.54, 1.807) is 11.9 Å². The van der Waals surface area contributed by atoms with Gasteiger partial charge in [-0.15, -0.1) is 0 Å². The lowest BCUT2D eigenvalue weighted by atomic mass is 10.0. The third-order valence-corrected chi connectivity index (χ3v) is 3.90. The van der Waals surface area contributed by atoms with Gasteiger partial charge in [0, 0.05) is 31.6 Å². The van der Waals surface area contributed by atoms with E-state index in [1.165, 1.54) is 0 Å². The molecule has 1 amide bonds. The number of rotatable bonds is 7.